The largest absolute Gasteiger partial charge is 0.305 e. The molecule has 19 heavy (non-hydrogen) atoms. The summed E-state index contributed by atoms with van der Waals surface area (Å²) >= 11 is 3.30. The third-order valence-electron chi connectivity index (χ3n) is 2.69. The summed E-state index contributed by atoms with van der Waals surface area (Å²) in [6.45, 7) is 4.64. The highest BCUT2D eigenvalue weighted by Gasteiger charge is 2.14. The van der Waals surface area contributed by atoms with Gasteiger partial charge in [-0.15, -0.1) is 0 Å². The van der Waals surface area contributed by atoms with E-state index in [1.54, 1.807) is 16.9 Å². The number of anilines is 1. The minimum Gasteiger partial charge on any atom is -0.305 e. The van der Waals surface area contributed by atoms with E-state index in [2.05, 4.69) is 31.3 Å². The SMILES string of the molecule is CCc1cc(C(=O)Nc2ccc(Br)cn2)n(CC)n1. The molecule has 0 atom stereocenters. The Morgan fingerprint density at radius 3 is 2.79 bits per heavy atom. The van der Waals surface area contributed by atoms with Crippen LogP contribution in [-0.2, 0) is 13.0 Å². The van der Waals surface area contributed by atoms with Gasteiger partial charge < -0.3 is 5.32 Å². The van der Waals surface area contributed by atoms with Gasteiger partial charge in [0.25, 0.3) is 5.91 Å². The number of carbonyl (C=O) groups is 1. The summed E-state index contributed by atoms with van der Waals surface area (Å²) in [5, 5.41) is 7.12. The van der Waals surface area contributed by atoms with E-state index in [0.717, 1.165) is 16.6 Å². The molecule has 6 heteroatoms. The number of halogens is 1. The fraction of sp³-hybridized carbons (Fsp3) is 0.308. The Balaban J connectivity index is 2.19. The van der Waals surface area contributed by atoms with E-state index >= 15 is 0 Å². The zero-order valence-electron chi connectivity index (χ0n) is 10.9. The Morgan fingerprint density at radius 2 is 2.21 bits per heavy atom. The Kier molecular flexibility index (Phi) is 4.31. The van der Waals surface area contributed by atoms with E-state index in [-0.39, 0.29) is 5.91 Å². The van der Waals surface area contributed by atoms with Crippen molar-refractivity contribution in [1.82, 2.24) is 14.8 Å². The maximum absolute atomic E-state index is 12.2. The van der Waals surface area contributed by atoms with E-state index in [4.69, 9.17) is 0 Å². The Hall–Kier alpha value is -1.69. The molecule has 0 aliphatic heterocycles. The number of amides is 1. The number of nitrogens with one attached hydrogen (secondary N) is 1. The van der Waals surface area contributed by atoms with Crippen molar-refractivity contribution < 1.29 is 4.79 Å². The maximum Gasteiger partial charge on any atom is 0.275 e. The Bertz CT molecular complexity index is 577. The molecule has 2 aromatic rings. The molecule has 100 valence electrons. The Labute approximate surface area is 120 Å². The Morgan fingerprint density at radius 1 is 1.42 bits per heavy atom. The van der Waals surface area contributed by atoms with Gasteiger partial charge in [0, 0.05) is 17.2 Å². The van der Waals surface area contributed by atoms with Gasteiger partial charge in [0.1, 0.15) is 11.5 Å². The molecule has 0 aliphatic rings. The van der Waals surface area contributed by atoms with Gasteiger partial charge in [0.15, 0.2) is 0 Å². The lowest BCUT2D eigenvalue weighted by atomic mass is 10.3. The number of hydrogen-bond acceptors (Lipinski definition) is 3. The highest BCUT2D eigenvalue weighted by atomic mass is 79.9. The normalized spacial score (nSPS) is 10.5. The number of aromatic nitrogens is 3. The number of nitrogens with zero attached hydrogens (tertiary/aromatic N) is 3. The second-order valence-corrected chi connectivity index (χ2v) is 4.92. The molecule has 1 N–H and O–H groups in total. The molecule has 0 aromatic carbocycles. The lowest BCUT2D eigenvalue weighted by Gasteiger charge is -2.05. The average Bonchev–Trinajstić information content (AvgIpc) is 2.85. The fourth-order valence-corrected chi connectivity index (χ4v) is 1.93. The standard InChI is InChI=1S/C13H15BrN4O/c1-3-10-7-11(18(4-2)17-10)13(19)16-12-6-5-9(14)8-15-12/h5-8H,3-4H2,1-2H3,(H,15,16,19). The second-order valence-electron chi connectivity index (χ2n) is 4.01. The van der Waals surface area contributed by atoms with E-state index < -0.39 is 0 Å². The van der Waals surface area contributed by atoms with Crippen LogP contribution in [0.5, 0.6) is 0 Å². The molecule has 2 aromatic heterocycles. The molecule has 2 heterocycles. The van der Waals surface area contributed by atoms with E-state index in [0.29, 0.717) is 18.1 Å². The van der Waals surface area contributed by atoms with Crippen molar-refractivity contribution in [2.75, 3.05) is 5.32 Å². The van der Waals surface area contributed by atoms with Gasteiger partial charge in [0.05, 0.1) is 5.69 Å². The van der Waals surface area contributed by atoms with Crippen molar-refractivity contribution in [3.05, 3.63) is 40.3 Å². The summed E-state index contributed by atoms with van der Waals surface area (Å²) in [7, 11) is 0. The predicted molar refractivity (Wildman–Crippen MR) is 77.2 cm³/mol. The van der Waals surface area contributed by atoms with Gasteiger partial charge in [-0.05, 0) is 47.5 Å². The molecular weight excluding hydrogens is 308 g/mol. The summed E-state index contributed by atoms with van der Waals surface area (Å²) in [5.41, 5.74) is 1.47. The summed E-state index contributed by atoms with van der Waals surface area (Å²) < 4.78 is 2.57. The maximum atomic E-state index is 12.2. The van der Waals surface area contributed by atoms with Gasteiger partial charge in [0.2, 0.25) is 0 Å². The van der Waals surface area contributed by atoms with Crippen molar-refractivity contribution in [3.8, 4) is 0 Å². The third-order valence-corrected chi connectivity index (χ3v) is 3.16. The van der Waals surface area contributed by atoms with E-state index in [1.165, 1.54) is 0 Å². The van der Waals surface area contributed by atoms with Gasteiger partial charge in [-0.1, -0.05) is 6.92 Å². The molecule has 0 fully saturated rings. The van der Waals surface area contributed by atoms with Crippen LogP contribution >= 0.6 is 15.9 Å². The minimum absolute atomic E-state index is 0.191. The second kappa shape index (κ2) is 5.97. The first kappa shape index (κ1) is 13.7. The molecule has 0 saturated carbocycles. The molecule has 0 saturated heterocycles. The molecule has 5 nitrogen and oxygen atoms in total. The van der Waals surface area contributed by atoms with Crippen LogP contribution in [0.4, 0.5) is 5.82 Å². The predicted octanol–water partition coefficient (Wildman–Crippen LogP) is 2.88. The zero-order valence-corrected chi connectivity index (χ0v) is 12.4. The van der Waals surface area contributed by atoms with E-state index in [1.807, 2.05) is 26.0 Å². The fourth-order valence-electron chi connectivity index (χ4n) is 1.70. The molecule has 0 unspecified atom stereocenters. The van der Waals surface area contributed by atoms with Crippen molar-refractivity contribution >= 4 is 27.7 Å². The molecule has 0 aliphatic carbocycles. The van der Waals surface area contributed by atoms with Gasteiger partial charge in [-0.2, -0.15) is 5.10 Å². The topological polar surface area (TPSA) is 59.8 Å². The highest BCUT2D eigenvalue weighted by molar-refractivity contribution is 9.10. The van der Waals surface area contributed by atoms with Gasteiger partial charge in [-0.3, -0.25) is 9.48 Å². The molecule has 2 rings (SSSR count). The zero-order chi connectivity index (χ0) is 13.8. The van der Waals surface area contributed by atoms with Crippen LogP contribution < -0.4 is 5.32 Å². The smallest absolute Gasteiger partial charge is 0.275 e. The van der Waals surface area contributed by atoms with Crippen LogP contribution in [-0.4, -0.2) is 20.7 Å². The van der Waals surface area contributed by atoms with Crippen molar-refractivity contribution in [2.45, 2.75) is 26.8 Å². The van der Waals surface area contributed by atoms with E-state index in [9.17, 15) is 4.79 Å². The van der Waals surface area contributed by atoms with Crippen molar-refractivity contribution in [2.24, 2.45) is 0 Å². The molecule has 0 spiro atoms. The summed E-state index contributed by atoms with van der Waals surface area (Å²) in [6.07, 6.45) is 2.45. The van der Waals surface area contributed by atoms with Crippen molar-refractivity contribution in [1.29, 1.82) is 0 Å². The van der Waals surface area contributed by atoms with Crippen LogP contribution in [0.25, 0.3) is 0 Å². The summed E-state index contributed by atoms with van der Waals surface area (Å²) in [4.78, 5) is 16.3. The molecular formula is C13H15BrN4O. The molecule has 1 amide bonds. The highest BCUT2D eigenvalue weighted by Crippen LogP contribution is 2.12. The number of carbonyl (C=O) groups excluding carboxylic acids is 1. The first-order valence-electron chi connectivity index (χ1n) is 6.13. The quantitative estimate of drug-likeness (QED) is 0.941. The molecule has 0 bridgehead atoms. The van der Waals surface area contributed by atoms with Crippen LogP contribution in [0, 0.1) is 0 Å². The lowest BCUT2D eigenvalue weighted by Crippen LogP contribution is -2.17. The van der Waals surface area contributed by atoms with Gasteiger partial charge >= 0.3 is 0 Å². The third kappa shape index (κ3) is 3.20. The molecule has 0 radical (unpaired) electrons. The van der Waals surface area contributed by atoms with Crippen LogP contribution in [0.15, 0.2) is 28.9 Å². The summed E-state index contributed by atoms with van der Waals surface area (Å²) in [5.74, 6) is 0.332. The average molecular weight is 323 g/mol. The number of hydrogen-bond donors (Lipinski definition) is 1. The van der Waals surface area contributed by atoms with Crippen molar-refractivity contribution in [3.63, 3.8) is 0 Å². The first-order valence-corrected chi connectivity index (χ1v) is 6.93. The van der Waals surface area contributed by atoms with Crippen LogP contribution in [0.2, 0.25) is 0 Å². The summed E-state index contributed by atoms with van der Waals surface area (Å²) in [6, 6.07) is 5.39. The number of pyridine rings is 1. The number of rotatable bonds is 4. The van der Waals surface area contributed by atoms with Gasteiger partial charge in [-0.25, -0.2) is 4.98 Å². The van der Waals surface area contributed by atoms with Crippen LogP contribution in [0.3, 0.4) is 0 Å². The first-order chi connectivity index (χ1) is 9.13. The minimum atomic E-state index is -0.191. The lowest BCUT2D eigenvalue weighted by molar-refractivity contribution is 0.101. The monoisotopic (exact) mass is 322 g/mol. The van der Waals surface area contributed by atoms with Crippen LogP contribution in [0.1, 0.15) is 30.0 Å². The number of aryl methyl sites for hydroxylation is 2.